The highest BCUT2D eigenvalue weighted by molar-refractivity contribution is 6.30. The van der Waals surface area contributed by atoms with Gasteiger partial charge >= 0.3 is 11.9 Å². The second kappa shape index (κ2) is 13.3. The molecule has 4 saturated carbocycles. The SMILES string of the molecule is CC(C)C1=C2C3CCC4C5(C)CCC(OC(=O)CC(C)(C)C(=O)O)C(C)(C)C5CCC4(C)C3(C)CCC2(CNCCc2ccc(Cl)cc2)CC1=O. The number of aliphatic carboxylic acids is 1. The van der Waals surface area contributed by atoms with Crippen LogP contribution >= 0.6 is 11.6 Å². The van der Waals surface area contributed by atoms with E-state index in [1.807, 2.05) is 12.1 Å². The van der Waals surface area contributed by atoms with Gasteiger partial charge in [-0.3, -0.25) is 14.4 Å². The predicted octanol–water partition coefficient (Wildman–Crippen LogP) is 9.87. The molecular weight excluding hydrogens is 658 g/mol. The Labute approximate surface area is 312 Å². The van der Waals surface area contributed by atoms with Gasteiger partial charge in [-0.15, -0.1) is 0 Å². The first kappa shape index (κ1) is 38.5. The number of esters is 1. The largest absolute Gasteiger partial charge is 0.481 e. The molecule has 0 spiro atoms. The number of nitrogens with one attached hydrogen (secondary N) is 1. The third-order valence-corrected chi connectivity index (χ3v) is 16.2. The van der Waals surface area contributed by atoms with Crippen LogP contribution in [-0.4, -0.2) is 42.0 Å². The van der Waals surface area contributed by atoms with Crippen LogP contribution in [0.25, 0.3) is 0 Å². The van der Waals surface area contributed by atoms with E-state index in [0.29, 0.717) is 30.0 Å². The van der Waals surface area contributed by atoms with Crippen LogP contribution in [-0.2, 0) is 25.5 Å². The number of ketones is 1. The van der Waals surface area contributed by atoms with E-state index in [1.165, 1.54) is 17.6 Å². The van der Waals surface area contributed by atoms with Crippen LogP contribution in [0.4, 0.5) is 0 Å². The lowest BCUT2D eigenvalue weighted by Gasteiger charge is -2.72. The Morgan fingerprint density at radius 2 is 1.63 bits per heavy atom. The van der Waals surface area contributed by atoms with Gasteiger partial charge in [0, 0.05) is 28.8 Å². The Morgan fingerprint density at radius 1 is 0.941 bits per heavy atom. The summed E-state index contributed by atoms with van der Waals surface area (Å²) in [6, 6.07) is 8.13. The van der Waals surface area contributed by atoms with Gasteiger partial charge in [0.2, 0.25) is 0 Å². The number of carbonyl (C=O) groups is 3. The molecule has 0 aliphatic heterocycles. The number of rotatable bonds is 10. The lowest BCUT2D eigenvalue weighted by Crippen LogP contribution is -2.66. The van der Waals surface area contributed by atoms with Crippen LogP contribution in [0.15, 0.2) is 35.4 Å². The molecule has 8 atom stereocenters. The zero-order valence-corrected chi connectivity index (χ0v) is 33.6. The molecule has 0 aromatic heterocycles. The van der Waals surface area contributed by atoms with Crippen molar-refractivity contribution in [1.29, 1.82) is 0 Å². The number of hydrogen-bond donors (Lipinski definition) is 2. The number of carboxylic acid groups (broad SMARTS) is 1. The van der Waals surface area contributed by atoms with E-state index >= 15 is 0 Å². The summed E-state index contributed by atoms with van der Waals surface area (Å²) in [6.45, 7) is 21.7. The normalized spacial score (nSPS) is 37.4. The molecular formula is C44H64ClNO5. The van der Waals surface area contributed by atoms with Crippen LogP contribution in [0.2, 0.25) is 5.02 Å². The molecule has 2 N–H and O–H groups in total. The van der Waals surface area contributed by atoms with Gasteiger partial charge in [-0.05, 0) is 141 Å². The highest BCUT2D eigenvalue weighted by Gasteiger charge is 2.70. The van der Waals surface area contributed by atoms with Crippen LogP contribution in [0.3, 0.4) is 0 Å². The first-order chi connectivity index (χ1) is 23.7. The van der Waals surface area contributed by atoms with Crippen molar-refractivity contribution >= 4 is 29.3 Å². The number of carbonyl (C=O) groups excluding carboxylic acids is 2. The molecule has 1 aromatic carbocycles. The van der Waals surface area contributed by atoms with Gasteiger partial charge < -0.3 is 15.2 Å². The fraction of sp³-hybridized carbons (Fsp3) is 0.750. The van der Waals surface area contributed by atoms with Crippen LogP contribution < -0.4 is 5.32 Å². The standard InChI is InChI=1S/C44H64ClNO5/c1-27(2)36-31(47)24-44(26-46-23-18-28-10-12-29(45)13-11-28)22-21-42(8)30(37(36)44)14-15-33-41(7)19-17-34(51-35(48)25-39(3,4)38(49)50)40(5,6)32(41)16-20-43(33,42)9/h10-13,27,30,32-34,46H,14-26H2,1-9H3,(H,49,50). The summed E-state index contributed by atoms with van der Waals surface area (Å²) < 4.78 is 6.17. The van der Waals surface area contributed by atoms with Gasteiger partial charge in [0.25, 0.3) is 0 Å². The number of allylic oxidation sites excluding steroid dienone is 1. The number of Topliss-reactive ketones (excluding diaryl/α,β-unsaturated/α-hetero) is 1. The molecule has 0 amide bonds. The summed E-state index contributed by atoms with van der Waals surface area (Å²) in [6.07, 6.45) is 9.83. The minimum Gasteiger partial charge on any atom is -0.481 e. The van der Waals surface area contributed by atoms with Crippen molar-refractivity contribution in [3.8, 4) is 0 Å². The van der Waals surface area contributed by atoms with Gasteiger partial charge in [-0.25, -0.2) is 0 Å². The Morgan fingerprint density at radius 3 is 2.27 bits per heavy atom. The van der Waals surface area contributed by atoms with Gasteiger partial charge in [0.05, 0.1) is 11.8 Å². The summed E-state index contributed by atoms with van der Waals surface area (Å²) in [7, 11) is 0. The Hall–Kier alpha value is -2.18. The first-order valence-electron chi connectivity index (χ1n) is 19.9. The van der Waals surface area contributed by atoms with Gasteiger partial charge in [0.1, 0.15) is 6.10 Å². The van der Waals surface area contributed by atoms with Crippen molar-refractivity contribution in [2.45, 2.75) is 139 Å². The van der Waals surface area contributed by atoms with Gasteiger partial charge in [0.15, 0.2) is 5.78 Å². The molecule has 6 nitrogen and oxygen atoms in total. The average molecular weight is 722 g/mol. The number of halogens is 1. The van der Waals surface area contributed by atoms with Gasteiger partial charge in [-0.2, -0.15) is 0 Å². The second-order valence-corrected chi connectivity index (χ2v) is 20.2. The fourth-order valence-corrected chi connectivity index (χ4v) is 13.1. The number of hydrogen-bond acceptors (Lipinski definition) is 5. The van der Waals surface area contributed by atoms with E-state index < -0.39 is 17.4 Å². The minimum atomic E-state index is -1.15. The highest BCUT2D eigenvalue weighted by Crippen LogP contribution is 2.76. The number of carboxylic acids is 1. The summed E-state index contributed by atoms with van der Waals surface area (Å²) in [5.74, 6) is 0.609. The molecule has 1 aromatic rings. The zero-order valence-electron chi connectivity index (χ0n) is 32.8. The quantitative estimate of drug-likeness (QED) is 0.185. The molecule has 8 unspecified atom stereocenters. The maximum absolute atomic E-state index is 14.0. The average Bonchev–Trinajstić information content (AvgIpc) is 3.34. The van der Waals surface area contributed by atoms with E-state index in [0.717, 1.165) is 75.1 Å². The monoisotopic (exact) mass is 721 g/mol. The molecule has 7 heteroatoms. The molecule has 0 radical (unpaired) electrons. The lowest BCUT2D eigenvalue weighted by atomic mass is 9.33. The molecule has 5 aliphatic carbocycles. The third-order valence-electron chi connectivity index (χ3n) is 15.9. The minimum absolute atomic E-state index is 0.0930. The molecule has 0 bridgehead atoms. The first-order valence-corrected chi connectivity index (χ1v) is 20.3. The summed E-state index contributed by atoms with van der Waals surface area (Å²) in [5.41, 5.74) is 2.84. The summed E-state index contributed by atoms with van der Waals surface area (Å²) >= 11 is 6.12. The van der Waals surface area contributed by atoms with Crippen molar-refractivity contribution < 1.29 is 24.2 Å². The number of benzene rings is 1. The highest BCUT2D eigenvalue weighted by atomic mass is 35.5. The van der Waals surface area contributed by atoms with Crippen molar-refractivity contribution in [2.75, 3.05) is 13.1 Å². The molecule has 282 valence electrons. The third kappa shape index (κ3) is 6.24. The van der Waals surface area contributed by atoms with Crippen LogP contribution in [0, 0.1) is 56.2 Å². The predicted molar refractivity (Wildman–Crippen MR) is 203 cm³/mol. The second-order valence-electron chi connectivity index (χ2n) is 19.7. The van der Waals surface area contributed by atoms with Crippen molar-refractivity contribution in [3.05, 3.63) is 46.0 Å². The Balaban J connectivity index is 1.24. The van der Waals surface area contributed by atoms with Crippen molar-refractivity contribution in [1.82, 2.24) is 5.32 Å². The number of fused-ring (bicyclic) bond motifs is 7. The number of ether oxygens (including phenoxy) is 1. The molecule has 0 heterocycles. The van der Waals surface area contributed by atoms with Gasteiger partial charge in [-0.1, -0.05) is 77.8 Å². The molecule has 0 saturated heterocycles. The molecule has 4 fully saturated rings. The summed E-state index contributed by atoms with van der Waals surface area (Å²) in [4.78, 5) is 38.8. The molecule has 5 aliphatic rings. The zero-order chi connectivity index (χ0) is 37.4. The van der Waals surface area contributed by atoms with E-state index in [2.05, 4.69) is 65.9 Å². The Bertz CT molecular complexity index is 1580. The van der Waals surface area contributed by atoms with E-state index in [4.69, 9.17) is 16.3 Å². The topological polar surface area (TPSA) is 92.7 Å². The Kier molecular flexibility index (Phi) is 10.0. The van der Waals surface area contributed by atoms with Crippen molar-refractivity contribution in [3.63, 3.8) is 0 Å². The van der Waals surface area contributed by atoms with Crippen molar-refractivity contribution in [2.24, 2.45) is 56.2 Å². The van der Waals surface area contributed by atoms with Crippen LogP contribution in [0.5, 0.6) is 0 Å². The summed E-state index contributed by atoms with van der Waals surface area (Å²) in [5, 5.41) is 14.2. The fourth-order valence-electron chi connectivity index (χ4n) is 13.0. The molecule has 51 heavy (non-hydrogen) atoms. The smallest absolute Gasteiger partial charge is 0.309 e. The molecule has 6 rings (SSSR count). The van der Waals surface area contributed by atoms with E-state index in [1.54, 1.807) is 13.8 Å². The van der Waals surface area contributed by atoms with E-state index in [9.17, 15) is 19.5 Å². The van der Waals surface area contributed by atoms with E-state index in [-0.39, 0.29) is 45.5 Å². The maximum Gasteiger partial charge on any atom is 0.309 e. The maximum atomic E-state index is 14.0. The van der Waals surface area contributed by atoms with Crippen LogP contribution in [0.1, 0.15) is 132 Å². The lowest BCUT2D eigenvalue weighted by molar-refractivity contribution is -0.233.